The van der Waals surface area contributed by atoms with Crippen LogP contribution in [0.3, 0.4) is 0 Å². The molecule has 1 aromatic rings. The molecule has 1 aromatic carbocycles. The lowest BCUT2D eigenvalue weighted by molar-refractivity contribution is 0.736. The van der Waals surface area contributed by atoms with Gasteiger partial charge in [-0.1, -0.05) is 34.1 Å². The first-order chi connectivity index (χ1) is 7.24. The summed E-state index contributed by atoms with van der Waals surface area (Å²) in [4.78, 5) is 0. The monoisotopic (exact) mass is 265 g/mol. The van der Waals surface area contributed by atoms with E-state index in [1.54, 1.807) is 0 Å². The third kappa shape index (κ3) is 2.01. The number of benzene rings is 1. The Morgan fingerprint density at radius 2 is 2.20 bits per heavy atom. The van der Waals surface area contributed by atoms with Gasteiger partial charge in [-0.15, -0.1) is 0 Å². The highest BCUT2D eigenvalue weighted by atomic mass is 79.9. The van der Waals surface area contributed by atoms with Gasteiger partial charge >= 0.3 is 0 Å². The highest BCUT2D eigenvalue weighted by Gasteiger charge is 2.17. The molecule has 0 aromatic heterocycles. The quantitative estimate of drug-likeness (QED) is 0.865. The van der Waals surface area contributed by atoms with E-state index < -0.39 is 0 Å². The SMILES string of the molecule is CNC(C)C1=CCCc2c(Br)cccc21. The van der Waals surface area contributed by atoms with Gasteiger partial charge < -0.3 is 5.32 Å². The predicted octanol–water partition coefficient (Wildman–Crippen LogP) is 3.39. The maximum Gasteiger partial charge on any atom is 0.0291 e. The zero-order valence-corrected chi connectivity index (χ0v) is 10.8. The fourth-order valence-corrected chi connectivity index (χ4v) is 2.70. The van der Waals surface area contributed by atoms with E-state index in [1.165, 1.54) is 21.2 Å². The van der Waals surface area contributed by atoms with Crippen molar-refractivity contribution in [3.8, 4) is 0 Å². The molecule has 1 aliphatic rings. The number of hydrogen-bond donors (Lipinski definition) is 1. The maximum atomic E-state index is 3.63. The summed E-state index contributed by atoms with van der Waals surface area (Å²) in [6.07, 6.45) is 4.66. The third-order valence-corrected chi connectivity index (χ3v) is 3.83. The molecule has 0 amide bonds. The molecular weight excluding hydrogens is 250 g/mol. The molecule has 2 rings (SSSR count). The lowest BCUT2D eigenvalue weighted by Crippen LogP contribution is -2.24. The normalized spacial score (nSPS) is 16.9. The van der Waals surface area contributed by atoms with E-state index >= 15 is 0 Å². The highest BCUT2D eigenvalue weighted by Crippen LogP contribution is 2.33. The van der Waals surface area contributed by atoms with Crippen LogP contribution in [0.4, 0.5) is 0 Å². The molecule has 2 heteroatoms. The lowest BCUT2D eigenvalue weighted by atomic mass is 9.87. The van der Waals surface area contributed by atoms with Crippen molar-refractivity contribution in [1.29, 1.82) is 0 Å². The van der Waals surface area contributed by atoms with Crippen molar-refractivity contribution in [2.75, 3.05) is 7.05 Å². The maximum absolute atomic E-state index is 3.63. The van der Waals surface area contributed by atoms with E-state index in [1.807, 2.05) is 7.05 Å². The van der Waals surface area contributed by atoms with Gasteiger partial charge in [-0.05, 0) is 49.6 Å². The molecule has 0 spiro atoms. The van der Waals surface area contributed by atoms with Crippen LogP contribution in [0.15, 0.2) is 28.7 Å². The third-order valence-electron chi connectivity index (χ3n) is 3.09. The van der Waals surface area contributed by atoms with Crippen LogP contribution in [0.5, 0.6) is 0 Å². The summed E-state index contributed by atoms with van der Waals surface area (Å²) in [6.45, 7) is 2.21. The highest BCUT2D eigenvalue weighted by molar-refractivity contribution is 9.10. The fourth-order valence-electron chi connectivity index (χ4n) is 2.13. The second-order valence-corrected chi connectivity index (χ2v) is 4.83. The Labute approximate surface area is 99.7 Å². The largest absolute Gasteiger partial charge is 0.313 e. The zero-order valence-electron chi connectivity index (χ0n) is 9.18. The van der Waals surface area contributed by atoms with Crippen LogP contribution in [-0.2, 0) is 6.42 Å². The first kappa shape index (κ1) is 10.9. The van der Waals surface area contributed by atoms with E-state index in [4.69, 9.17) is 0 Å². The first-order valence-electron chi connectivity index (χ1n) is 5.39. The summed E-state index contributed by atoms with van der Waals surface area (Å²) in [5.41, 5.74) is 4.29. The molecule has 1 unspecified atom stereocenters. The smallest absolute Gasteiger partial charge is 0.0291 e. The van der Waals surface area contributed by atoms with E-state index in [0.29, 0.717) is 6.04 Å². The number of fused-ring (bicyclic) bond motifs is 1. The molecule has 0 heterocycles. The van der Waals surface area contributed by atoms with Gasteiger partial charge in [0.15, 0.2) is 0 Å². The van der Waals surface area contributed by atoms with Gasteiger partial charge in [-0.25, -0.2) is 0 Å². The Kier molecular flexibility index (Phi) is 3.27. The average molecular weight is 266 g/mol. The van der Waals surface area contributed by atoms with Gasteiger partial charge in [-0.3, -0.25) is 0 Å². The van der Waals surface area contributed by atoms with Crippen LogP contribution in [0, 0.1) is 0 Å². The standard InChI is InChI=1S/C13H16BrN/c1-9(15-2)10-5-3-7-12-11(10)6-4-8-13(12)14/h4-6,8-9,15H,3,7H2,1-2H3. The predicted molar refractivity (Wildman–Crippen MR) is 69.0 cm³/mol. The Hall–Kier alpha value is -0.600. The van der Waals surface area contributed by atoms with Gasteiger partial charge in [0, 0.05) is 10.5 Å². The number of hydrogen-bond acceptors (Lipinski definition) is 1. The van der Waals surface area contributed by atoms with Gasteiger partial charge in [0.1, 0.15) is 0 Å². The van der Waals surface area contributed by atoms with Gasteiger partial charge in [0.2, 0.25) is 0 Å². The van der Waals surface area contributed by atoms with Gasteiger partial charge in [0.05, 0.1) is 0 Å². The lowest BCUT2D eigenvalue weighted by Gasteiger charge is -2.23. The van der Waals surface area contributed by atoms with Crippen LogP contribution in [0.1, 0.15) is 24.5 Å². The summed E-state index contributed by atoms with van der Waals surface area (Å²) in [6, 6.07) is 6.90. The second-order valence-electron chi connectivity index (χ2n) is 3.97. The Morgan fingerprint density at radius 3 is 2.93 bits per heavy atom. The van der Waals surface area contributed by atoms with Crippen molar-refractivity contribution < 1.29 is 0 Å². The van der Waals surface area contributed by atoms with Crippen molar-refractivity contribution in [2.45, 2.75) is 25.8 Å². The van der Waals surface area contributed by atoms with E-state index in [0.717, 1.165) is 12.8 Å². The molecule has 1 aliphatic carbocycles. The average Bonchev–Trinajstić information content (AvgIpc) is 2.28. The summed E-state index contributed by atoms with van der Waals surface area (Å²) in [5, 5.41) is 3.31. The van der Waals surface area contributed by atoms with Crippen LogP contribution >= 0.6 is 15.9 Å². The van der Waals surface area contributed by atoms with E-state index in [-0.39, 0.29) is 0 Å². The molecule has 15 heavy (non-hydrogen) atoms. The Balaban J connectivity index is 2.47. The first-order valence-corrected chi connectivity index (χ1v) is 6.18. The molecule has 0 aliphatic heterocycles. The second kappa shape index (κ2) is 4.50. The topological polar surface area (TPSA) is 12.0 Å². The number of likely N-dealkylation sites (N-methyl/N-ethyl adjacent to an activating group) is 1. The summed E-state index contributed by atoms with van der Waals surface area (Å²) < 4.78 is 1.24. The molecule has 0 saturated heterocycles. The number of nitrogens with one attached hydrogen (secondary N) is 1. The minimum atomic E-state index is 0.429. The molecule has 80 valence electrons. The molecular formula is C13H16BrN. The van der Waals surface area contributed by atoms with Crippen LogP contribution in [0.25, 0.3) is 5.57 Å². The van der Waals surface area contributed by atoms with Crippen LogP contribution < -0.4 is 5.32 Å². The van der Waals surface area contributed by atoms with Crippen molar-refractivity contribution >= 4 is 21.5 Å². The summed E-state index contributed by atoms with van der Waals surface area (Å²) in [5.74, 6) is 0. The molecule has 1 atom stereocenters. The van der Waals surface area contributed by atoms with E-state index in [9.17, 15) is 0 Å². The Morgan fingerprint density at radius 1 is 1.40 bits per heavy atom. The number of rotatable bonds is 2. The van der Waals surface area contributed by atoms with Crippen molar-refractivity contribution in [3.05, 3.63) is 39.9 Å². The molecule has 0 fully saturated rings. The van der Waals surface area contributed by atoms with Crippen LogP contribution in [0.2, 0.25) is 0 Å². The summed E-state index contributed by atoms with van der Waals surface area (Å²) in [7, 11) is 2.01. The minimum Gasteiger partial charge on any atom is -0.313 e. The molecule has 1 N–H and O–H groups in total. The van der Waals surface area contributed by atoms with Crippen LogP contribution in [-0.4, -0.2) is 13.1 Å². The minimum absolute atomic E-state index is 0.429. The number of allylic oxidation sites excluding steroid dienone is 1. The van der Waals surface area contributed by atoms with Crippen molar-refractivity contribution in [3.63, 3.8) is 0 Å². The molecule has 0 bridgehead atoms. The Bertz CT molecular complexity index is 396. The van der Waals surface area contributed by atoms with Crippen molar-refractivity contribution in [1.82, 2.24) is 5.32 Å². The zero-order chi connectivity index (χ0) is 10.8. The van der Waals surface area contributed by atoms with Gasteiger partial charge in [0.25, 0.3) is 0 Å². The fraction of sp³-hybridized carbons (Fsp3) is 0.385. The van der Waals surface area contributed by atoms with Gasteiger partial charge in [-0.2, -0.15) is 0 Å². The molecule has 1 nitrogen and oxygen atoms in total. The molecule has 0 radical (unpaired) electrons. The molecule has 0 saturated carbocycles. The van der Waals surface area contributed by atoms with Crippen molar-refractivity contribution in [2.24, 2.45) is 0 Å². The number of halogens is 1. The van der Waals surface area contributed by atoms with E-state index in [2.05, 4.69) is 52.4 Å². The summed E-state index contributed by atoms with van der Waals surface area (Å²) >= 11 is 3.63.